The number of amides is 2. The van der Waals surface area contributed by atoms with Crippen LogP contribution in [0, 0.1) is 12.8 Å². The van der Waals surface area contributed by atoms with Gasteiger partial charge in [-0.2, -0.15) is 0 Å². The van der Waals surface area contributed by atoms with Gasteiger partial charge in [-0.05, 0) is 49.6 Å². The lowest BCUT2D eigenvalue weighted by Crippen LogP contribution is -2.41. The zero-order valence-corrected chi connectivity index (χ0v) is 17.3. The third kappa shape index (κ3) is 3.90. The lowest BCUT2D eigenvalue weighted by atomic mass is 9.95. The van der Waals surface area contributed by atoms with Crippen molar-refractivity contribution in [3.8, 4) is 0 Å². The van der Waals surface area contributed by atoms with Gasteiger partial charge in [0.15, 0.2) is 0 Å². The average molecular weight is 431 g/mol. The zero-order chi connectivity index (χ0) is 20.5. The maximum atomic E-state index is 13.0. The Morgan fingerprint density at radius 1 is 1.24 bits per heavy atom. The predicted octanol–water partition coefficient (Wildman–Crippen LogP) is 3.44. The van der Waals surface area contributed by atoms with Crippen molar-refractivity contribution in [2.75, 3.05) is 18.4 Å². The van der Waals surface area contributed by atoms with Crippen LogP contribution in [0.2, 0.25) is 5.02 Å². The first-order chi connectivity index (χ1) is 13.9. The molecule has 1 aliphatic heterocycles. The van der Waals surface area contributed by atoms with Gasteiger partial charge in [-0.15, -0.1) is 11.3 Å². The number of aryl methyl sites for hydroxylation is 1. The van der Waals surface area contributed by atoms with E-state index in [0.717, 1.165) is 0 Å². The van der Waals surface area contributed by atoms with Crippen LogP contribution in [-0.4, -0.2) is 39.8 Å². The minimum atomic E-state index is -0.236. The van der Waals surface area contributed by atoms with Gasteiger partial charge in [0.1, 0.15) is 4.83 Å². The summed E-state index contributed by atoms with van der Waals surface area (Å²) in [5, 5.41) is 3.99. The molecule has 9 heteroatoms. The fourth-order valence-electron chi connectivity index (χ4n) is 3.55. The molecule has 0 atom stereocenters. The second-order valence-electron chi connectivity index (χ2n) is 7.03. The van der Waals surface area contributed by atoms with Crippen molar-refractivity contribution in [1.82, 2.24) is 14.9 Å². The van der Waals surface area contributed by atoms with Gasteiger partial charge in [-0.25, -0.2) is 4.98 Å². The summed E-state index contributed by atoms with van der Waals surface area (Å²) in [6.45, 7) is 2.76. The Morgan fingerprint density at radius 2 is 1.93 bits per heavy atom. The summed E-state index contributed by atoms with van der Waals surface area (Å²) in [7, 11) is 0. The number of benzene rings is 1. The van der Waals surface area contributed by atoms with Crippen molar-refractivity contribution < 1.29 is 9.59 Å². The monoisotopic (exact) mass is 430 g/mol. The number of nitrogens with zero attached hydrogens (tertiary/aromatic N) is 2. The summed E-state index contributed by atoms with van der Waals surface area (Å²) in [6, 6.07) is 6.98. The molecule has 150 valence electrons. The number of carbonyl (C=O) groups excluding carboxylic acids is 2. The van der Waals surface area contributed by atoms with Gasteiger partial charge < -0.3 is 15.2 Å². The Balaban J connectivity index is 1.42. The van der Waals surface area contributed by atoms with E-state index in [1.54, 1.807) is 36.1 Å². The molecule has 1 aliphatic rings. The Morgan fingerprint density at radius 3 is 2.59 bits per heavy atom. The molecule has 2 aromatic heterocycles. The summed E-state index contributed by atoms with van der Waals surface area (Å²) in [5.74, 6) is -0.308. The summed E-state index contributed by atoms with van der Waals surface area (Å²) >= 11 is 7.10. The van der Waals surface area contributed by atoms with Gasteiger partial charge in [-0.1, -0.05) is 11.6 Å². The van der Waals surface area contributed by atoms with E-state index >= 15 is 0 Å². The molecule has 2 amide bonds. The van der Waals surface area contributed by atoms with Crippen LogP contribution in [0.3, 0.4) is 0 Å². The molecule has 1 saturated heterocycles. The molecule has 0 radical (unpaired) electrons. The molecular weight excluding hydrogens is 412 g/mol. The first-order valence-corrected chi connectivity index (χ1v) is 10.5. The number of carbonyl (C=O) groups is 2. The second-order valence-corrected chi connectivity index (χ2v) is 8.47. The molecule has 2 N–H and O–H groups in total. The smallest absolute Gasteiger partial charge is 0.264 e. The summed E-state index contributed by atoms with van der Waals surface area (Å²) in [6.07, 6.45) is 2.53. The number of rotatable bonds is 3. The molecule has 3 aromatic rings. The Bertz CT molecular complexity index is 1130. The molecule has 29 heavy (non-hydrogen) atoms. The highest BCUT2D eigenvalue weighted by molar-refractivity contribution is 7.20. The fraction of sp³-hybridized carbons (Fsp3) is 0.300. The zero-order valence-electron chi connectivity index (χ0n) is 15.7. The number of halogens is 1. The number of aromatic amines is 1. The van der Waals surface area contributed by atoms with E-state index in [1.165, 1.54) is 17.7 Å². The van der Waals surface area contributed by atoms with Crippen molar-refractivity contribution in [1.29, 1.82) is 0 Å². The number of thiophene rings is 1. The van der Waals surface area contributed by atoms with Gasteiger partial charge in [0, 0.05) is 29.7 Å². The predicted molar refractivity (Wildman–Crippen MR) is 114 cm³/mol. The molecule has 7 nitrogen and oxygen atoms in total. The van der Waals surface area contributed by atoms with Gasteiger partial charge in [-0.3, -0.25) is 14.4 Å². The van der Waals surface area contributed by atoms with Crippen LogP contribution >= 0.6 is 22.9 Å². The highest BCUT2D eigenvalue weighted by atomic mass is 35.5. The number of H-pyrrole nitrogens is 1. The number of fused-ring (bicyclic) bond motifs is 1. The van der Waals surface area contributed by atoms with Crippen LogP contribution in [0.1, 0.15) is 28.1 Å². The van der Waals surface area contributed by atoms with Gasteiger partial charge >= 0.3 is 0 Å². The molecule has 0 bridgehead atoms. The summed E-state index contributed by atoms with van der Waals surface area (Å²) in [5.41, 5.74) is 1.13. The van der Waals surface area contributed by atoms with Crippen LogP contribution < -0.4 is 10.9 Å². The molecule has 0 aliphatic carbocycles. The van der Waals surface area contributed by atoms with Gasteiger partial charge in [0.05, 0.1) is 16.6 Å². The maximum Gasteiger partial charge on any atom is 0.264 e. The number of aromatic nitrogens is 2. The Hall–Kier alpha value is -2.71. The minimum absolute atomic E-state index is 0.0480. The molecule has 0 unspecified atom stereocenters. The van der Waals surface area contributed by atoms with Crippen molar-refractivity contribution in [2.45, 2.75) is 19.8 Å². The van der Waals surface area contributed by atoms with Crippen LogP contribution in [-0.2, 0) is 4.79 Å². The first kappa shape index (κ1) is 19.6. The van der Waals surface area contributed by atoms with E-state index in [-0.39, 0.29) is 23.3 Å². The molecular formula is C20H19ClN4O3S. The Labute approximate surface area is 175 Å². The van der Waals surface area contributed by atoms with E-state index in [0.29, 0.717) is 57.3 Å². The standard InChI is InChI=1S/C20H19ClN4O3S/c1-11-15-18(27)22-10-23-19(15)29-16(11)20(28)25-8-6-12(7-9-25)17(26)24-14-4-2-13(21)3-5-14/h2-5,10,12H,6-9H2,1H3,(H,24,26)(H,22,23,27). The van der Waals surface area contributed by atoms with E-state index in [2.05, 4.69) is 15.3 Å². The molecule has 1 aromatic carbocycles. The van der Waals surface area contributed by atoms with E-state index in [9.17, 15) is 14.4 Å². The maximum absolute atomic E-state index is 13.0. The second kappa shape index (κ2) is 7.96. The molecule has 1 fully saturated rings. The average Bonchev–Trinajstić information content (AvgIpc) is 3.07. The quantitative estimate of drug-likeness (QED) is 0.665. The number of piperidine rings is 1. The highest BCUT2D eigenvalue weighted by Crippen LogP contribution is 2.29. The Kier molecular flexibility index (Phi) is 5.38. The van der Waals surface area contributed by atoms with Crippen molar-refractivity contribution in [3.05, 3.63) is 56.4 Å². The first-order valence-electron chi connectivity index (χ1n) is 9.26. The van der Waals surface area contributed by atoms with Gasteiger partial charge in [0.2, 0.25) is 5.91 Å². The third-order valence-corrected chi connectivity index (χ3v) is 6.63. The van der Waals surface area contributed by atoms with Crippen LogP contribution in [0.5, 0.6) is 0 Å². The number of nitrogens with one attached hydrogen (secondary N) is 2. The van der Waals surface area contributed by atoms with Crippen molar-refractivity contribution in [3.63, 3.8) is 0 Å². The van der Waals surface area contributed by atoms with E-state index in [4.69, 9.17) is 11.6 Å². The molecule has 4 rings (SSSR count). The summed E-state index contributed by atoms with van der Waals surface area (Å²) in [4.78, 5) is 47.1. The number of likely N-dealkylation sites (tertiary alicyclic amines) is 1. The SMILES string of the molecule is Cc1c(C(=O)N2CCC(C(=O)Nc3ccc(Cl)cc3)CC2)sc2nc[nH]c(=O)c12. The van der Waals surface area contributed by atoms with Crippen LogP contribution in [0.15, 0.2) is 35.4 Å². The van der Waals surface area contributed by atoms with E-state index in [1.807, 2.05) is 0 Å². The largest absolute Gasteiger partial charge is 0.338 e. The normalized spacial score (nSPS) is 14.9. The van der Waals surface area contributed by atoms with Crippen molar-refractivity contribution >= 4 is 50.7 Å². The number of hydrogen-bond acceptors (Lipinski definition) is 5. The van der Waals surface area contributed by atoms with E-state index < -0.39 is 0 Å². The highest BCUT2D eigenvalue weighted by Gasteiger charge is 2.30. The summed E-state index contributed by atoms with van der Waals surface area (Å²) < 4.78 is 0. The molecule has 0 spiro atoms. The topological polar surface area (TPSA) is 95.2 Å². The van der Waals surface area contributed by atoms with Crippen LogP contribution in [0.4, 0.5) is 5.69 Å². The third-order valence-electron chi connectivity index (χ3n) is 5.19. The lowest BCUT2D eigenvalue weighted by Gasteiger charge is -2.31. The number of anilines is 1. The fourth-order valence-corrected chi connectivity index (χ4v) is 4.79. The van der Waals surface area contributed by atoms with Gasteiger partial charge in [0.25, 0.3) is 11.5 Å². The molecule has 0 saturated carbocycles. The number of hydrogen-bond donors (Lipinski definition) is 2. The lowest BCUT2D eigenvalue weighted by molar-refractivity contribution is -0.121. The van der Waals surface area contributed by atoms with Crippen LogP contribution in [0.25, 0.3) is 10.2 Å². The minimum Gasteiger partial charge on any atom is -0.338 e. The molecule has 3 heterocycles. The van der Waals surface area contributed by atoms with Crippen molar-refractivity contribution in [2.24, 2.45) is 5.92 Å².